The normalized spacial score (nSPS) is 23.9. The number of aromatic nitrogens is 1. The van der Waals surface area contributed by atoms with Gasteiger partial charge in [0.25, 0.3) is 0 Å². The van der Waals surface area contributed by atoms with Crippen molar-refractivity contribution in [1.29, 1.82) is 0 Å². The highest BCUT2D eigenvalue weighted by Gasteiger charge is 2.25. The second kappa shape index (κ2) is 6.29. The lowest BCUT2D eigenvalue weighted by molar-refractivity contribution is -0.126. The van der Waals surface area contributed by atoms with E-state index in [2.05, 4.69) is 10.3 Å². The van der Waals surface area contributed by atoms with Crippen molar-refractivity contribution in [2.24, 2.45) is 17.6 Å². The lowest BCUT2D eigenvalue weighted by Crippen LogP contribution is -2.33. The molecule has 0 spiro atoms. The van der Waals surface area contributed by atoms with Crippen molar-refractivity contribution in [2.75, 3.05) is 6.54 Å². The van der Waals surface area contributed by atoms with Gasteiger partial charge in [0, 0.05) is 17.0 Å². The number of hydrogen-bond acceptors (Lipinski definition) is 4. The van der Waals surface area contributed by atoms with E-state index in [1.54, 1.807) is 11.3 Å². The zero-order valence-corrected chi connectivity index (χ0v) is 11.6. The second-order valence-corrected chi connectivity index (χ2v) is 6.34. The molecule has 0 saturated heterocycles. The lowest BCUT2D eigenvalue weighted by atomic mass is 9.81. The average Bonchev–Trinajstić information content (AvgIpc) is 2.82. The molecular formula is C13H21N3OS. The number of rotatable bonds is 4. The van der Waals surface area contributed by atoms with Gasteiger partial charge in [-0.2, -0.15) is 0 Å². The number of nitrogens with zero attached hydrogens (tertiary/aromatic N) is 1. The van der Waals surface area contributed by atoms with Gasteiger partial charge in [-0.3, -0.25) is 4.79 Å². The van der Waals surface area contributed by atoms with Gasteiger partial charge in [-0.25, -0.2) is 4.98 Å². The van der Waals surface area contributed by atoms with Crippen LogP contribution in [0.25, 0.3) is 0 Å². The number of nitrogens with one attached hydrogen (secondary N) is 1. The number of nitrogens with two attached hydrogens (primary N) is 1. The van der Waals surface area contributed by atoms with Gasteiger partial charge in [0.15, 0.2) is 0 Å². The topological polar surface area (TPSA) is 68.0 Å². The standard InChI is InChI=1S/C13H21N3OS/c1-9-15-7-12(18-9)8-16-13(17)11-4-2-10(6-14)3-5-11/h7,10-11H,2-6,8,14H2,1H3,(H,16,17). The molecule has 0 bridgehead atoms. The molecule has 0 atom stereocenters. The Bertz CT molecular complexity index is 397. The summed E-state index contributed by atoms with van der Waals surface area (Å²) in [4.78, 5) is 17.3. The van der Waals surface area contributed by atoms with Crippen molar-refractivity contribution in [2.45, 2.75) is 39.2 Å². The van der Waals surface area contributed by atoms with Crippen molar-refractivity contribution >= 4 is 17.2 Å². The average molecular weight is 267 g/mol. The molecule has 1 aromatic rings. The Kier molecular flexibility index (Phi) is 4.72. The summed E-state index contributed by atoms with van der Waals surface area (Å²) in [5.74, 6) is 0.997. The minimum Gasteiger partial charge on any atom is -0.351 e. The van der Waals surface area contributed by atoms with Gasteiger partial charge >= 0.3 is 0 Å². The van der Waals surface area contributed by atoms with E-state index < -0.39 is 0 Å². The number of thiazole rings is 1. The quantitative estimate of drug-likeness (QED) is 0.874. The summed E-state index contributed by atoms with van der Waals surface area (Å²) in [5.41, 5.74) is 5.66. The zero-order valence-electron chi connectivity index (χ0n) is 10.8. The molecule has 0 unspecified atom stereocenters. The third-order valence-corrected chi connectivity index (χ3v) is 4.57. The van der Waals surface area contributed by atoms with Gasteiger partial charge in [-0.15, -0.1) is 11.3 Å². The van der Waals surface area contributed by atoms with Crippen molar-refractivity contribution in [3.05, 3.63) is 16.1 Å². The van der Waals surface area contributed by atoms with Gasteiger partial charge in [-0.1, -0.05) is 0 Å². The maximum Gasteiger partial charge on any atom is 0.223 e. The van der Waals surface area contributed by atoms with E-state index in [4.69, 9.17) is 5.73 Å². The van der Waals surface area contributed by atoms with Crippen LogP contribution in [0, 0.1) is 18.8 Å². The van der Waals surface area contributed by atoms with Crippen LogP contribution in [0.5, 0.6) is 0 Å². The molecule has 1 aromatic heterocycles. The maximum absolute atomic E-state index is 12.0. The Morgan fingerprint density at radius 1 is 1.50 bits per heavy atom. The molecule has 1 heterocycles. The molecule has 1 saturated carbocycles. The molecule has 18 heavy (non-hydrogen) atoms. The Morgan fingerprint density at radius 3 is 2.78 bits per heavy atom. The number of carbonyl (C=O) groups is 1. The first-order valence-electron chi connectivity index (χ1n) is 6.58. The number of carbonyl (C=O) groups excluding carboxylic acids is 1. The van der Waals surface area contributed by atoms with E-state index in [0.29, 0.717) is 12.5 Å². The van der Waals surface area contributed by atoms with Crippen LogP contribution in [0.1, 0.15) is 35.6 Å². The van der Waals surface area contributed by atoms with Gasteiger partial charge in [-0.05, 0) is 45.1 Å². The largest absolute Gasteiger partial charge is 0.351 e. The third kappa shape index (κ3) is 3.53. The minimum absolute atomic E-state index is 0.182. The predicted molar refractivity (Wildman–Crippen MR) is 73.2 cm³/mol. The van der Waals surface area contributed by atoms with Crippen LogP contribution in [0.15, 0.2) is 6.20 Å². The molecule has 1 aliphatic carbocycles. The number of amides is 1. The fraction of sp³-hybridized carbons (Fsp3) is 0.692. The molecule has 1 aliphatic rings. The van der Waals surface area contributed by atoms with Gasteiger partial charge in [0.2, 0.25) is 5.91 Å². The predicted octanol–water partition coefficient (Wildman–Crippen LogP) is 1.83. The van der Waals surface area contributed by atoms with Crippen LogP contribution < -0.4 is 11.1 Å². The Balaban J connectivity index is 1.75. The van der Waals surface area contributed by atoms with Crippen LogP contribution in [0.2, 0.25) is 0 Å². The first-order chi connectivity index (χ1) is 8.69. The highest BCUT2D eigenvalue weighted by atomic mass is 32.1. The van der Waals surface area contributed by atoms with Gasteiger partial charge < -0.3 is 11.1 Å². The molecule has 5 heteroatoms. The molecule has 2 rings (SSSR count). The van der Waals surface area contributed by atoms with E-state index >= 15 is 0 Å². The van der Waals surface area contributed by atoms with E-state index in [1.807, 2.05) is 13.1 Å². The van der Waals surface area contributed by atoms with Gasteiger partial charge in [0.05, 0.1) is 11.6 Å². The zero-order chi connectivity index (χ0) is 13.0. The lowest BCUT2D eigenvalue weighted by Gasteiger charge is -2.26. The molecule has 100 valence electrons. The van der Waals surface area contributed by atoms with Crippen molar-refractivity contribution in [1.82, 2.24) is 10.3 Å². The van der Waals surface area contributed by atoms with Crippen LogP contribution in [-0.4, -0.2) is 17.4 Å². The Hall–Kier alpha value is -0.940. The molecule has 1 amide bonds. The molecule has 1 fully saturated rings. The summed E-state index contributed by atoms with van der Waals surface area (Å²) >= 11 is 1.64. The smallest absolute Gasteiger partial charge is 0.223 e. The van der Waals surface area contributed by atoms with Crippen molar-refractivity contribution in [3.8, 4) is 0 Å². The summed E-state index contributed by atoms with van der Waals surface area (Å²) in [6.07, 6.45) is 5.99. The number of hydrogen-bond donors (Lipinski definition) is 2. The van der Waals surface area contributed by atoms with Crippen molar-refractivity contribution < 1.29 is 4.79 Å². The fourth-order valence-electron chi connectivity index (χ4n) is 2.47. The van der Waals surface area contributed by atoms with E-state index in [9.17, 15) is 4.79 Å². The second-order valence-electron chi connectivity index (χ2n) is 5.02. The fourth-order valence-corrected chi connectivity index (χ4v) is 3.20. The van der Waals surface area contributed by atoms with Crippen LogP contribution in [0.3, 0.4) is 0 Å². The van der Waals surface area contributed by atoms with Crippen LogP contribution in [-0.2, 0) is 11.3 Å². The maximum atomic E-state index is 12.0. The number of aryl methyl sites for hydroxylation is 1. The molecule has 0 aromatic carbocycles. The highest BCUT2D eigenvalue weighted by molar-refractivity contribution is 7.11. The molecule has 4 nitrogen and oxygen atoms in total. The molecule has 3 N–H and O–H groups in total. The van der Waals surface area contributed by atoms with E-state index in [0.717, 1.165) is 42.1 Å². The van der Waals surface area contributed by atoms with Crippen LogP contribution >= 0.6 is 11.3 Å². The molecule has 0 radical (unpaired) electrons. The molecular weight excluding hydrogens is 246 g/mol. The van der Waals surface area contributed by atoms with E-state index in [-0.39, 0.29) is 11.8 Å². The van der Waals surface area contributed by atoms with E-state index in [1.165, 1.54) is 0 Å². The molecule has 0 aliphatic heterocycles. The third-order valence-electron chi connectivity index (χ3n) is 3.66. The summed E-state index contributed by atoms with van der Waals surface area (Å²) in [6, 6.07) is 0. The summed E-state index contributed by atoms with van der Waals surface area (Å²) in [7, 11) is 0. The van der Waals surface area contributed by atoms with Crippen molar-refractivity contribution in [3.63, 3.8) is 0 Å². The summed E-state index contributed by atoms with van der Waals surface area (Å²) in [6.45, 7) is 3.35. The van der Waals surface area contributed by atoms with Crippen LogP contribution in [0.4, 0.5) is 0 Å². The highest BCUT2D eigenvalue weighted by Crippen LogP contribution is 2.28. The summed E-state index contributed by atoms with van der Waals surface area (Å²) in [5, 5.41) is 4.06. The minimum atomic E-state index is 0.182. The first kappa shape index (κ1) is 13.5. The monoisotopic (exact) mass is 267 g/mol. The first-order valence-corrected chi connectivity index (χ1v) is 7.39. The summed E-state index contributed by atoms with van der Waals surface area (Å²) < 4.78 is 0. The SMILES string of the molecule is Cc1ncc(CNC(=O)C2CCC(CN)CC2)s1. The Labute approximate surface area is 112 Å². The van der Waals surface area contributed by atoms with Gasteiger partial charge in [0.1, 0.15) is 0 Å². The Morgan fingerprint density at radius 2 is 2.22 bits per heavy atom.